The summed E-state index contributed by atoms with van der Waals surface area (Å²) in [6.07, 6.45) is 3.16. The first kappa shape index (κ1) is 11.8. The standard InChI is InChI=1S/C12H12N4O2/c1-8(17)15-10-4-2-3-9(7-10)11(18)16-12-13-5-6-14-12/h2-7H,1H3,(H,15,17)(H2,13,14,16,18). The molecule has 3 N–H and O–H groups in total. The number of amides is 2. The highest BCUT2D eigenvalue weighted by Gasteiger charge is 2.08. The lowest BCUT2D eigenvalue weighted by Crippen LogP contribution is -2.13. The van der Waals surface area contributed by atoms with E-state index in [1.165, 1.54) is 6.92 Å². The zero-order valence-electron chi connectivity index (χ0n) is 9.73. The van der Waals surface area contributed by atoms with Gasteiger partial charge in [0.25, 0.3) is 5.91 Å². The lowest BCUT2D eigenvalue weighted by molar-refractivity contribution is -0.114. The minimum atomic E-state index is -0.294. The van der Waals surface area contributed by atoms with E-state index < -0.39 is 0 Å². The molecule has 6 nitrogen and oxygen atoms in total. The third kappa shape index (κ3) is 2.94. The molecule has 0 unspecified atom stereocenters. The summed E-state index contributed by atoms with van der Waals surface area (Å²) in [5.41, 5.74) is 1.02. The quantitative estimate of drug-likeness (QED) is 0.766. The maximum atomic E-state index is 11.9. The molecular formula is C12H12N4O2. The van der Waals surface area contributed by atoms with E-state index in [2.05, 4.69) is 20.6 Å². The first-order valence-electron chi connectivity index (χ1n) is 5.33. The van der Waals surface area contributed by atoms with Crippen LogP contribution in [0.2, 0.25) is 0 Å². The van der Waals surface area contributed by atoms with E-state index in [9.17, 15) is 9.59 Å². The lowest BCUT2D eigenvalue weighted by atomic mass is 10.2. The zero-order valence-corrected chi connectivity index (χ0v) is 9.73. The van der Waals surface area contributed by atoms with E-state index in [1.54, 1.807) is 36.7 Å². The lowest BCUT2D eigenvalue weighted by Gasteiger charge is -2.05. The number of H-pyrrole nitrogens is 1. The number of anilines is 2. The molecule has 0 atom stereocenters. The molecule has 1 aromatic heterocycles. The summed E-state index contributed by atoms with van der Waals surface area (Å²) in [5.74, 6) is -0.0966. The molecule has 1 aromatic carbocycles. The Labute approximate surface area is 103 Å². The molecule has 2 rings (SSSR count). The average Bonchev–Trinajstić information content (AvgIpc) is 2.81. The molecule has 1 heterocycles. The molecule has 0 fully saturated rings. The Morgan fingerprint density at radius 1 is 1.28 bits per heavy atom. The summed E-state index contributed by atoms with van der Waals surface area (Å²) >= 11 is 0. The third-order valence-electron chi connectivity index (χ3n) is 2.18. The molecule has 0 aliphatic heterocycles. The van der Waals surface area contributed by atoms with Crippen molar-refractivity contribution in [2.24, 2.45) is 0 Å². The van der Waals surface area contributed by atoms with E-state index in [0.29, 0.717) is 17.2 Å². The van der Waals surface area contributed by atoms with Crippen molar-refractivity contribution in [2.75, 3.05) is 10.6 Å². The second-order valence-corrected chi connectivity index (χ2v) is 3.65. The first-order valence-corrected chi connectivity index (χ1v) is 5.33. The Bertz CT molecular complexity index is 563. The van der Waals surface area contributed by atoms with Crippen molar-refractivity contribution in [3.8, 4) is 0 Å². The van der Waals surface area contributed by atoms with Gasteiger partial charge in [0.2, 0.25) is 11.9 Å². The van der Waals surface area contributed by atoms with Gasteiger partial charge in [0.1, 0.15) is 0 Å². The van der Waals surface area contributed by atoms with Crippen molar-refractivity contribution in [3.63, 3.8) is 0 Å². The Hall–Kier alpha value is -2.63. The van der Waals surface area contributed by atoms with Crippen LogP contribution >= 0.6 is 0 Å². The van der Waals surface area contributed by atoms with Crippen LogP contribution in [0.25, 0.3) is 0 Å². The number of hydrogen-bond acceptors (Lipinski definition) is 3. The number of carbonyl (C=O) groups is 2. The van der Waals surface area contributed by atoms with Crippen LogP contribution in [0.3, 0.4) is 0 Å². The summed E-state index contributed by atoms with van der Waals surface area (Å²) in [6.45, 7) is 1.41. The van der Waals surface area contributed by atoms with Crippen molar-refractivity contribution in [3.05, 3.63) is 42.2 Å². The summed E-state index contributed by atoms with van der Waals surface area (Å²) in [7, 11) is 0. The maximum absolute atomic E-state index is 11.9. The van der Waals surface area contributed by atoms with E-state index in [4.69, 9.17) is 0 Å². The Morgan fingerprint density at radius 3 is 2.78 bits per heavy atom. The minimum Gasteiger partial charge on any atom is -0.331 e. The predicted molar refractivity (Wildman–Crippen MR) is 67.3 cm³/mol. The minimum absolute atomic E-state index is 0.182. The number of rotatable bonds is 3. The topological polar surface area (TPSA) is 86.9 Å². The SMILES string of the molecule is CC(=O)Nc1cccc(C(=O)Nc2ncc[nH]2)c1. The second kappa shape index (κ2) is 5.13. The highest BCUT2D eigenvalue weighted by molar-refractivity contribution is 6.04. The Balaban J connectivity index is 2.12. The number of imidazole rings is 1. The van der Waals surface area contributed by atoms with Gasteiger partial charge in [0.15, 0.2) is 0 Å². The van der Waals surface area contributed by atoms with Gasteiger partial charge in [-0.3, -0.25) is 14.9 Å². The molecule has 2 aromatic rings. The highest BCUT2D eigenvalue weighted by Crippen LogP contribution is 2.11. The monoisotopic (exact) mass is 244 g/mol. The van der Waals surface area contributed by atoms with Crippen LogP contribution in [0, 0.1) is 0 Å². The van der Waals surface area contributed by atoms with Crippen molar-refractivity contribution in [1.29, 1.82) is 0 Å². The molecule has 6 heteroatoms. The number of hydrogen-bond donors (Lipinski definition) is 3. The van der Waals surface area contributed by atoms with Gasteiger partial charge in [-0.15, -0.1) is 0 Å². The van der Waals surface area contributed by atoms with Crippen LogP contribution in [0.15, 0.2) is 36.7 Å². The van der Waals surface area contributed by atoms with Crippen LogP contribution in [0.5, 0.6) is 0 Å². The number of benzene rings is 1. The maximum Gasteiger partial charge on any atom is 0.258 e. The fourth-order valence-corrected chi connectivity index (χ4v) is 1.45. The van der Waals surface area contributed by atoms with Crippen LogP contribution < -0.4 is 10.6 Å². The zero-order chi connectivity index (χ0) is 13.0. The van der Waals surface area contributed by atoms with Crippen LogP contribution in [-0.2, 0) is 4.79 Å². The van der Waals surface area contributed by atoms with Gasteiger partial charge in [0, 0.05) is 30.6 Å². The molecule has 0 radical (unpaired) electrons. The average molecular weight is 244 g/mol. The number of aromatic amines is 1. The summed E-state index contributed by atoms with van der Waals surface area (Å²) in [5, 5.41) is 5.22. The molecule has 0 bridgehead atoms. The second-order valence-electron chi connectivity index (χ2n) is 3.65. The molecule has 0 aliphatic carbocycles. The molecule has 0 saturated carbocycles. The molecular weight excluding hydrogens is 232 g/mol. The van der Waals surface area contributed by atoms with Gasteiger partial charge in [-0.05, 0) is 18.2 Å². The molecule has 0 spiro atoms. The van der Waals surface area contributed by atoms with E-state index >= 15 is 0 Å². The molecule has 2 amide bonds. The largest absolute Gasteiger partial charge is 0.331 e. The van der Waals surface area contributed by atoms with Gasteiger partial charge < -0.3 is 10.3 Å². The number of aromatic nitrogens is 2. The molecule has 0 saturated heterocycles. The van der Waals surface area contributed by atoms with Crippen molar-refractivity contribution in [1.82, 2.24) is 9.97 Å². The highest BCUT2D eigenvalue weighted by atomic mass is 16.2. The molecule has 92 valence electrons. The predicted octanol–water partition coefficient (Wildman–Crippen LogP) is 1.62. The van der Waals surface area contributed by atoms with Crippen LogP contribution in [-0.4, -0.2) is 21.8 Å². The van der Waals surface area contributed by atoms with Gasteiger partial charge in [-0.25, -0.2) is 4.98 Å². The van der Waals surface area contributed by atoms with E-state index in [-0.39, 0.29) is 11.8 Å². The summed E-state index contributed by atoms with van der Waals surface area (Å²) in [6, 6.07) is 6.66. The Morgan fingerprint density at radius 2 is 2.11 bits per heavy atom. The normalized spacial score (nSPS) is 9.83. The van der Waals surface area contributed by atoms with Gasteiger partial charge >= 0.3 is 0 Å². The van der Waals surface area contributed by atoms with Gasteiger partial charge in [0.05, 0.1) is 0 Å². The van der Waals surface area contributed by atoms with Crippen molar-refractivity contribution >= 4 is 23.5 Å². The van der Waals surface area contributed by atoms with Crippen LogP contribution in [0.4, 0.5) is 11.6 Å². The number of nitrogens with one attached hydrogen (secondary N) is 3. The smallest absolute Gasteiger partial charge is 0.258 e. The van der Waals surface area contributed by atoms with Crippen molar-refractivity contribution in [2.45, 2.75) is 6.92 Å². The fraction of sp³-hybridized carbons (Fsp3) is 0.0833. The number of carbonyl (C=O) groups excluding carboxylic acids is 2. The summed E-state index contributed by atoms with van der Waals surface area (Å²) < 4.78 is 0. The number of nitrogens with zero attached hydrogens (tertiary/aromatic N) is 1. The summed E-state index contributed by atoms with van der Waals surface area (Å²) in [4.78, 5) is 29.5. The first-order chi connectivity index (χ1) is 8.65. The van der Waals surface area contributed by atoms with Gasteiger partial charge in [-0.1, -0.05) is 6.07 Å². The molecule has 18 heavy (non-hydrogen) atoms. The molecule has 0 aliphatic rings. The fourth-order valence-electron chi connectivity index (χ4n) is 1.45. The van der Waals surface area contributed by atoms with E-state index in [0.717, 1.165) is 0 Å². The van der Waals surface area contributed by atoms with Crippen molar-refractivity contribution < 1.29 is 9.59 Å². The van der Waals surface area contributed by atoms with E-state index in [1.807, 2.05) is 0 Å². The van der Waals surface area contributed by atoms with Gasteiger partial charge in [-0.2, -0.15) is 0 Å². The third-order valence-corrected chi connectivity index (χ3v) is 2.18. The Kier molecular flexibility index (Phi) is 3.38. The van der Waals surface area contributed by atoms with Crippen LogP contribution in [0.1, 0.15) is 17.3 Å².